The summed E-state index contributed by atoms with van der Waals surface area (Å²) in [5.74, 6) is -0.988. The molecule has 0 aliphatic heterocycles. The standard InChI is InChI=1S/C29H39NO6/c1-16-23-17(15-30(35)36)12-22-28(4,19(23)13-21(31)24(16)32)7-6-18-20-14-27(3,25(33)34)9-8-26(20,2)10-11-29(18,22)5/h12-13,17-18,20,31-32H,6-11,14-15H2,1-5H3,(H,33,34)/t17-,18?,20-,26+,27+,28-,29-/m0/s1. The molecule has 0 heterocycles. The van der Waals surface area contributed by atoms with Gasteiger partial charge >= 0.3 is 5.97 Å². The minimum absolute atomic E-state index is 0.112. The lowest BCUT2D eigenvalue weighted by molar-refractivity contribution is -0.481. The number of carboxylic acid groups (broad SMARTS) is 1. The molecule has 7 atom stereocenters. The number of carbonyl (C=O) groups is 1. The summed E-state index contributed by atoms with van der Waals surface area (Å²) in [6.07, 6.45) is 8.17. The number of allylic oxidation sites excluding steroid dienone is 1. The second-order valence-electron chi connectivity index (χ2n) is 13.3. The first-order valence-electron chi connectivity index (χ1n) is 13.3. The molecule has 3 N–H and O–H groups in total. The highest BCUT2D eigenvalue weighted by Crippen LogP contribution is 2.70. The first-order chi connectivity index (χ1) is 16.7. The van der Waals surface area contributed by atoms with Gasteiger partial charge in [0, 0.05) is 10.3 Å². The molecule has 7 nitrogen and oxygen atoms in total. The number of rotatable bonds is 3. The summed E-state index contributed by atoms with van der Waals surface area (Å²) in [6.45, 7) is 10.2. The van der Waals surface area contributed by atoms with E-state index in [1.165, 1.54) is 5.57 Å². The molecule has 3 fully saturated rings. The lowest BCUT2D eigenvalue weighted by Gasteiger charge is -2.64. The van der Waals surface area contributed by atoms with E-state index in [-0.39, 0.29) is 39.7 Å². The zero-order valence-corrected chi connectivity index (χ0v) is 22.1. The van der Waals surface area contributed by atoms with Gasteiger partial charge in [-0.25, -0.2) is 0 Å². The summed E-state index contributed by atoms with van der Waals surface area (Å²) in [6, 6.07) is 1.64. The van der Waals surface area contributed by atoms with Gasteiger partial charge in [-0.05, 0) is 104 Å². The van der Waals surface area contributed by atoms with Crippen molar-refractivity contribution in [3.63, 3.8) is 0 Å². The van der Waals surface area contributed by atoms with E-state index >= 15 is 0 Å². The molecule has 0 bridgehead atoms. The Hall–Kier alpha value is -2.57. The molecule has 4 aliphatic carbocycles. The molecule has 1 unspecified atom stereocenters. The van der Waals surface area contributed by atoms with E-state index in [4.69, 9.17) is 0 Å². The third-order valence-corrected chi connectivity index (χ3v) is 11.3. The van der Waals surface area contributed by atoms with E-state index in [1.807, 2.05) is 6.92 Å². The third kappa shape index (κ3) is 3.26. The number of nitrogens with zero attached hydrogens (tertiary/aromatic N) is 1. The van der Waals surface area contributed by atoms with E-state index < -0.39 is 22.7 Å². The molecule has 0 saturated heterocycles. The van der Waals surface area contributed by atoms with Crippen LogP contribution in [0.15, 0.2) is 17.7 Å². The lowest BCUT2D eigenvalue weighted by atomic mass is 9.39. The average Bonchev–Trinajstić information content (AvgIpc) is 2.79. The van der Waals surface area contributed by atoms with Crippen molar-refractivity contribution < 1.29 is 25.0 Å². The number of phenols is 2. The minimum atomic E-state index is -0.717. The SMILES string of the molecule is Cc1c(O)c(O)cc2c1[C@H](C[N+](=O)[O-])C=C1[C@@]2(C)CCC2[C@@H]3C[C@](C)(C(=O)O)CC[C@]3(C)CC[C@]12C. The maximum absolute atomic E-state index is 12.2. The van der Waals surface area contributed by atoms with Crippen LogP contribution in [0.2, 0.25) is 0 Å². The van der Waals surface area contributed by atoms with Crippen LogP contribution >= 0.6 is 0 Å². The van der Waals surface area contributed by atoms with Crippen molar-refractivity contribution >= 4 is 5.97 Å². The number of carboxylic acids is 1. The molecule has 196 valence electrons. The number of aromatic hydroxyl groups is 2. The summed E-state index contributed by atoms with van der Waals surface area (Å²) in [7, 11) is 0. The Bertz CT molecular complexity index is 1190. The Kier molecular flexibility index (Phi) is 5.38. The molecule has 7 heteroatoms. The topological polar surface area (TPSA) is 121 Å². The fourth-order valence-corrected chi connectivity index (χ4v) is 8.93. The maximum atomic E-state index is 12.2. The van der Waals surface area contributed by atoms with E-state index in [0.29, 0.717) is 24.3 Å². The molecule has 1 aromatic carbocycles. The van der Waals surface area contributed by atoms with Gasteiger partial charge in [0.2, 0.25) is 6.54 Å². The van der Waals surface area contributed by atoms with Crippen LogP contribution in [0.1, 0.15) is 95.2 Å². The molecule has 4 aliphatic rings. The predicted molar refractivity (Wildman–Crippen MR) is 136 cm³/mol. The van der Waals surface area contributed by atoms with Crippen molar-refractivity contribution in [2.24, 2.45) is 28.1 Å². The predicted octanol–water partition coefficient (Wildman–Crippen LogP) is 6.07. The first-order valence-corrected chi connectivity index (χ1v) is 13.3. The number of phenolic OH excluding ortho intramolecular Hbond substituents is 2. The largest absolute Gasteiger partial charge is 0.504 e. The molecule has 36 heavy (non-hydrogen) atoms. The number of fused-ring (bicyclic) bond motifs is 7. The van der Waals surface area contributed by atoms with Crippen LogP contribution in [0.25, 0.3) is 0 Å². The number of aliphatic carboxylic acids is 1. The Morgan fingerprint density at radius 3 is 2.39 bits per heavy atom. The highest BCUT2D eigenvalue weighted by molar-refractivity contribution is 5.74. The molecule has 0 aromatic heterocycles. The summed E-state index contributed by atoms with van der Waals surface area (Å²) in [4.78, 5) is 23.7. The van der Waals surface area contributed by atoms with Crippen LogP contribution in [0.5, 0.6) is 11.5 Å². The zero-order chi connectivity index (χ0) is 26.4. The maximum Gasteiger partial charge on any atom is 0.309 e. The highest BCUT2D eigenvalue weighted by atomic mass is 16.6. The van der Waals surface area contributed by atoms with Gasteiger partial charge in [0.15, 0.2) is 11.5 Å². The second kappa shape index (κ2) is 7.72. The van der Waals surface area contributed by atoms with Crippen molar-refractivity contribution in [1.29, 1.82) is 0 Å². The molecule has 0 amide bonds. The van der Waals surface area contributed by atoms with Crippen molar-refractivity contribution in [2.45, 2.75) is 90.9 Å². The van der Waals surface area contributed by atoms with Gasteiger partial charge in [-0.1, -0.05) is 32.4 Å². The summed E-state index contributed by atoms with van der Waals surface area (Å²) < 4.78 is 0. The number of nitro groups is 1. The van der Waals surface area contributed by atoms with E-state index in [2.05, 4.69) is 26.8 Å². The van der Waals surface area contributed by atoms with Gasteiger partial charge < -0.3 is 15.3 Å². The average molecular weight is 498 g/mol. The van der Waals surface area contributed by atoms with Crippen LogP contribution in [0, 0.1) is 45.1 Å². The zero-order valence-electron chi connectivity index (χ0n) is 22.1. The Morgan fingerprint density at radius 1 is 1.08 bits per heavy atom. The van der Waals surface area contributed by atoms with Gasteiger partial charge in [-0.15, -0.1) is 0 Å². The van der Waals surface area contributed by atoms with Gasteiger partial charge in [0.1, 0.15) is 0 Å². The monoisotopic (exact) mass is 497 g/mol. The van der Waals surface area contributed by atoms with Gasteiger partial charge in [0.05, 0.1) is 11.3 Å². The Morgan fingerprint density at radius 2 is 1.75 bits per heavy atom. The van der Waals surface area contributed by atoms with Gasteiger partial charge in [0.25, 0.3) is 0 Å². The van der Waals surface area contributed by atoms with E-state index in [1.54, 1.807) is 13.0 Å². The molecule has 5 rings (SSSR count). The van der Waals surface area contributed by atoms with Crippen LogP contribution in [0.3, 0.4) is 0 Å². The second-order valence-corrected chi connectivity index (χ2v) is 13.3. The fraction of sp³-hybridized carbons (Fsp3) is 0.690. The first kappa shape index (κ1) is 25.1. The van der Waals surface area contributed by atoms with Crippen LogP contribution < -0.4 is 0 Å². The van der Waals surface area contributed by atoms with Crippen LogP contribution in [-0.4, -0.2) is 32.8 Å². The van der Waals surface area contributed by atoms with Crippen molar-refractivity contribution in [3.8, 4) is 11.5 Å². The van der Waals surface area contributed by atoms with Crippen molar-refractivity contribution in [2.75, 3.05) is 6.54 Å². The van der Waals surface area contributed by atoms with Crippen molar-refractivity contribution in [1.82, 2.24) is 0 Å². The van der Waals surface area contributed by atoms with Gasteiger partial charge in [-0.2, -0.15) is 0 Å². The normalized spacial score (nSPS) is 41.2. The Labute approximate surface area is 212 Å². The molecule has 1 aromatic rings. The summed E-state index contributed by atoms with van der Waals surface area (Å²) in [5, 5.41) is 42.8. The van der Waals surface area contributed by atoms with Crippen LogP contribution in [0.4, 0.5) is 0 Å². The number of hydrogen-bond acceptors (Lipinski definition) is 5. The lowest BCUT2D eigenvalue weighted by Crippen LogP contribution is -2.57. The molecule has 0 radical (unpaired) electrons. The van der Waals surface area contributed by atoms with Crippen molar-refractivity contribution in [3.05, 3.63) is 44.5 Å². The van der Waals surface area contributed by atoms with Gasteiger partial charge in [-0.3, -0.25) is 14.9 Å². The summed E-state index contributed by atoms with van der Waals surface area (Å²) in [5.41, 5.74) is 2.18. The molecular weight excluding hydrogens is 458 g/mol. The molecule has 3 saturated carbocycles. The van der Waals surface area contributed by atoms with E-state index in [9.17, 15) is 30.2 Å². The van der Waals surface area contributed by atoms with E-state index in [0.717, 1.165) is 43.2 Å². The third-order valence-electron chi connectivity index (χ3n) is 11.3. The number of benzene rings is 1. The molecule has 0 spiro atoms. The smallest absolute Gasteiger partial charge is 0.309 e. The highest BCUT2D eigenvalue weighted by Gasteiger charge is 2.62. The summed E-state index contributed by atoms with van der Waals surface area (Å²) >= 11 is 0. The fourth-order valence-electron chi connectivity index (χ4n) is 8.93. The molecular formula is C29H39NO6. The minimum Gasteiger partial charge on any atom is -0.504 e. The quantitative estimate of drug-likeness (QED) is 0.202. The number of hydrogen-bond donors (Lipinski definition) is 3. The Balaban J connectivity index is 1.65. The van der Waals surface area contributed by atoms with Crippen LogP contribution in [-0.2, 0) is 10.2 Å².